The van der Waals surface area contributed by atoms with Crippen LogP contribution in [0.3, 0.4) is 0 Å². The lowest BCUT2D eigenvalue weighted by molar-refractivity contribution is -0.145. The number of esters is 1. The molecule has 0 aliphatic carbocycles. The average molecular weight is 812 g/mol. The third-order valence-corrected chi connectivity index (χ3v) is 8.82. The lowest BCUT2D eigenvalue weighted by Crippen LogP contribution is -2.48. The number of nitrogens with zero attached hydrogens (tertiary/aromatic N) is 1. The number of ether oxygens (including phenoxy) is 5. The Morgan fingerprint density at radius 2 is 1.43 bits per heavy atom. The molecule has 0 fully saturated rings. The molecule has 4 atom stereocenters. The number of likely N-dealkylation sites (N-methyl/N-ethyl adjacent to an activating group) is 1. The van der Waals surface area contributed by atoms with Gasteiger partial charge in [0.1, 0.15) is 41.4 Å². The number of alkyl carbamates (subject to hydrolysis) is 2. The van der Waals surface area contributed by atoms with Crippen molar-refractivity contribution in [2.24, 2.45) is 11.7 Å². The van der Waals surface area contributed by atoms with E-state index in [0.717, 1.165) is 0 Å². The van der Waals surface area contributed by atoms with Gasteiger partial charge in [-0.2, -0.15) is 0 Å². The summed E-state index contributed by atoms with van der Waals surface area (Å²) in [7, 11) is 2.68. The summed E-state index contributed by atoms with van der Waals surface area (Å²) in [6, 6.07) is 6.99. The van der Waals surface area contributed by atoms with Crippen LogP contribution in [0.15, 0.2) is 36.4 Å². The van der Waals surface area contributed by atoms with Crippen LogP contribution in [-0.4, -0.2) is 104 Å². The lowest BCUT2D eigenvalue weighted by atomic mass is 9.89. The first-order valence-electron chi connectivity index (χ1n) is 19.5. The zero-order valence-electron chi connectivity index (χ0n) is 35.4. The number of hydrogen-bond donors (Lipinski definition) is 4. The Hall–Kier alpha value is -5.38. The van der Waals surface area contributed by atoms with Crippen molar-refractivity contribution in [1.29, 1.82) is 0 Å². The van der Waals surface area contributed by atoms with E-state index in [4.69, 9.17) is 29.4 Å². The molecule has 58 heavy (non-hydrogen) atoms. The van der Waals surface area contributed by atoms with Crippen LogP contribution in [0.5, 0.6) is 11.5 Å². The Morgan fingerprint density at radius 1 is 0.862 bits per heavy atom. The molecule has 3 rings (SSSR count). The summed E-state index contributed by atoms with van der Waals surface area (Å²) >= 11 is 0. The molecule has 2 aromatic carbocycles. The first kappa shape index (κ1) is 47.0. The highest BCUT2D eigenvalue weighted by molar-refractivity contribution is 5.95. The van der Waals surface area contributed by atoms with Gasteiger partial charge in [0, 0.05) is 43.5 Å². The van der Waals surface area contributed by atoms with E-state index in [1.807, 2.05) is 6.92 Å². The molecular formula is C42H61N5O11. The standard InChI is InChI=1S/C42H61N5O11/c1-11-19-55-34-15-13-27-24-29(34)28-22-26(12-14-33(28)56-20-18-45-40(53)58-42(6,7)8)23-31(38(51)54-10)46-36(49)25(2)21-32(48)35(27)47(9)37(50)30(43)16-17-44-39(52)57-41(3,4)5/h12-15,22,24-25,30-31,35H,11,16-21,23,43H2,1-10H3,(H,44,52)(H,45,53)(H,46,49)/t25-,30+,31+,35+/m1/s1. The van der Waals surface area contributed by atoms with E-state index in [-0.39, 0.29) is 39.0 Å². The number of hydrogen-bond acceptors (Lipinski definition) is 12. The molecule has 16 heteroatoms. The first-order chi connectivity index (χ1) is 27.1. The van der Waals surface area contributed by atoms with Crippen molar-refractivity contribution in [2.45, 2.75) is 110 Å². The third kappa shape index (κ3) is 14.2. The lowest BCUT2D eigenvalue weighted by Gasteiger charge is -2.31. The number of rotatable bonds is 13. The van der Waals surface area contributed by atoms with E-state index in [9.17, 15) is 28.8 Å². The molecule has 0 aromatic heterocycles. The van der Waals surface area contributed by atoms with Crippen molar-refractivity contribution in [3.05, 3.63) is 47.5 Å². The SMILES string of the molecule is CCCOc1ccc2cc1-c1cc(ccc1OCCNC(=O)OC(C)(C)C)C[C@@H](C(=O)OC)NC(=O)[C@H](C)CC(=O)[C@H]2N(C)C(=O)[C@@H](N)CCNC(=O)OC(C)(C)C. The van der Waals surface area contributed by atoms with Gasteiger partial charge in [-0.25, -0.2) is 14.4 Å². The molecule has 16 nitrogen and oxygen atoms in total. The zero-order chi connectivity index (χ0) is 43.4. The Kier molecular flexibility index (Phi) is 16.9. The summed E-state index contributed by atoms with van der Waals surface area (Å²) in [6.45, 7) is 14.6. The molecule has 1 aliphatic rings. The molecule has 320 valence electrons. The fraction of sp³-hybridized carbons (Fsp3) is 0.571. The van der Waals surface area contributed by atoms with Crippen LogP contribution in [0.25, 0.3) is 11.1 Å². The minimum Gasteiger partial charge on any atom is -0.493 e. The summed E-state index contributed by atoms with van der Waals surface area (Å²) in [5, 5.41) is 8.01. The molecule has 5 N–H and O–H groups in total. The topological polar surface area (TPSA) is 214 Å². The average Bonchev–Trinajstić information content (AvgIpc) is 3.13. The highest BCUT2D eigenvalue weighted by Gasteiger charge is 2.35. The molecule has 0 saturated carbocycles. The number of nitrogens with one attached hydrogen (secondary N) is 3. The molecule has 0 saturated heterocycles. The number of amides is 4. The summed E-state index contributed by atoms with van der Waals surface area (Å²) in [5.41, 5.74) is 7.06. The highest BCUT2D eigenvalue weighted by Crippen LogP contribution is 2.40. The highest BCUT2D eigenvalue weighted by atomic mass is 16.6. The maximum absolute atomic E-state index is 14.4. The summed E-state index contributed by atoms with van der Waals surface area (Å²) < 4.78 is 28.1. The van der Waals surface area contributed by atoms with Crippen molar-refractivity contribution in [3.63, 3.8) is 0 Å². The van der Waals surface area contributed by atoms with Crippen LogP contribution in [0.4, 0.5) is 9.59 Å². The van der Waals surface area contributed by atoms with E-state index in [0.29, 0.717) is 46.8 Å². The van der Waals surface area contributed by atoms with E-state index in [1.165, 1.54) is 19.1 Å². The first-order valence-corrected chi connectivity index (χ1v) is 19.5. The monoisotopic (exact) mass is 811 g/mol. The van der Waals surface area contributed by atoms with Gasteiger partial charge in [0.15, 0.2) is 5.78 Å². The molecular weight excluding hydrogens is 750 g/mol. The number of Topliss-reactive ketones (excluding diaryl/α,β-unsaturated/α-hetero) is 1. The Balaban J connectivity index is 2.13. The van der Waals surface area contributed by atoms with Gasteiger partial charge >= 0.3 is 18.2 Å². The second kappa shape index (κ2) is 20.9. The van der Waals surface area contributed by atoms with Gasteiger partial charge < -0.3 is 50.3 Å². The van der Waals surface area contributed by atoms with Crippen LogP contribution in [0.2, 0.25) is 0 Å². The smallest absolute Gasteiger partial charge is 0.407 e. The zero-order valence-corrected chi connectivity index (χ0v) is 35.4. The quantitative estimate of drug-likeness (QED) is 0.124. The van der Waals surface area contributed by atoms with E-state index in [1.54, 1.807) is 84.9 Å². The van der Waals surface area contributed by atoms with Crippen molar-refractivity contribution in [3.8, 4) is 22.6 Å². The van der Waals surface area contributed by atoms with Gasteiger partial charge in [-0.15, -0.1) is 0 Å². The maximum Gasteiger partial charge on any atom is 0.407 e. The number of ketones is 1. The van der Waals surface area contributed by atoms with Crippen LogP contribution in [0.1, 0.15) is 91.8 Å². The minimum atomic E-state index is -1.21. The van der Waals surface area contributed by atoms with Gasteiger partial charge in [0.05, 0.1) is 26.3 Å². The largest absolute Gasteiger partial charge is 0.493 e. The minimum absolute atomic E-state index is 0.0346. The van der Waals surface area contributed by atoms with E-state index in [2.05, 4.69) is 16.0 Å². The maximum atomic E-state index is 14.4. The molecule has 1 heterocycles. The van der Waals surface area contributed by atoms with Crippen molar-refractivity contribution in [2.75, 3.05) is 40.5 Å². The number of benzene rings is 2. The van der Waals surface area contributed by atoms with Crippen LogP contribution < -0.4 is 31.2 Å². The Morgan fingerprint density at radius 3 is 2.02 bits per heavy atom. The molecule has 2 aromatic rings. The molecule has 4 bridgehead atoms. The summed E-state index contributed by atoms with van der Waals surface area (Å²) in [4.78, 5) is 80.5. The molecule has 0 unspecified atom stereocenters. The molecule has 4 amide bonds. The van der Waals surface area contributed by atoms with Crippen LogP contribution in [-0.2, 0) is 39.8 Å². The van der Waals surface area contributed by atoms with Crippen molar-refractivity contribution < 1.29 is 52.5 Å². The fourth-order valence-corrected chi connectivity index (χ4v) is 6.11. The summed E-state index contributed by atoms with van der Waals surface area (Å²) in [5.74, 6) is -2.32. The van der Waals surface area contributed by atoms with Gasteiger partial charge in [0.25, 0.3) is 0 Å². The van der Waals surface area contributed by atoms with Crippen molar-refractivity contribution in [1.82, 2.24) is 20.9 Å². The van der Waals surface area contributed by atoms with Crippen molar-refractivity contribution >= 4 is 35.8 Å². The molecule has 0 radical (unpaired) electrons. The number of methoxy groups -OCH3 is 1. The fourth-order valence-electron chi connectivity index (χ4n) is 6.11. The molecule has 0 spiro atoms. The van der Waals surface area contributed by atoms with Gasteiger partial charge in [0.2, 0.25) is 11.8 Å². The second-order valence-corrected chi connectivity index (χ2v) is 16.2. The normalized spacial score (nSPS) is 17.7. The van der Waals surface area contributed by atoms with Gasteiger partial charge in [-0.3, -0.25) is 14.4 Å². The number of fused-ring (bicyclic) bond motifs is 5. The summed E-state index contributed by atoms with van der Waals surface area (Å²) in [6.07, 6.45) is -0.758. The van der Waals surface area contributed by atoms with Crippen LogP contribution in [0, 0.1) is 5.92 Å². The molecule has 1 aliphatic heterocycles. The van der Waals surface area contributed by atoms with E-state index < -0.39 is 71.0 Å². The predicted octanol–water partition coefficient (Wildman–Crippen LogP) is 4.60. The Labute approximate surface area is 341 Å². The predicted molar refractivity (Wildman–Crippen MR) is 216 cm³/mol. The Bertz CT molecular complexity index is 1790. The van der Waals surface area contributed by atoms with Gasteiger partial charge in [-0.05, 0) is 89.8 Å². The van der Waals surface area contributed by atoms with Crippen LogP contribution >= 0.6 is 0 Å². The third-order valence-electron chi connectivity index (χ3n) is 8.82. The number of nitrogens with two attached hydrogens (primary N) is 1. The van der Waals surface area contributed by atoms with Gasteiger partial charge in [-0.1, -0.05) is 26.0 Å². The second-order valence-electron chi connectivity index (χ2n) is 16.2. The van der Waals surface area contributed by atoms with E-state index >= 15 is 0 Å². The number of carbonyl (C=O) groups excluding carboxylic acids is 6. The number of carbonyl (C=O) groups is 6.